The summed E-state index contributed by atoms with van der Waals surface area (Å²) in [5.41, 5.74) is 0.972. The minimum Gasteiger partial charge on any atom is -0.458 e. The first kappa shape index (κ1) is 16.6. The lowest BCUT2D eigenvalue weighted by Gasteiger charge is -2.60. The van der Waals surface area contributed by atoms with Gasteiger partial charge >= 0.3 is 5.97 Å². The molecule has 4 saturated carbocycles. The molecule has 2 nitrogen and oxygen atoms in total. The maximum atomic E-state index is 13.0. The summed E-state index contributed by atoms with van der Waals surface area (Å²) >= 11 is 3.99. The van der Waals surface area contributed by atoms with E-state index in [-0.39, 0.29) is 27.6 Å². The van der Waals surface area contributed by atoms with Gasteiger partial charge in [0.15, 0.2) is 0 Å². The van der Waals surface area contributed by atoms with Crippen LogP contribution in [-0.2, 0) is 9.53 Å². The Bertz CT molecular complexity index is 628. The van der Waals surface area contributed by atoms with Gasteiger partial charge in [-0.25, -0.2) is 4.39 Å². The number of hydrogen-bond acceptors (Lipinski definition) is 2. The summed E-state index contributed by atoms with van der Waals surface area (Å²) in [5, 5.41) is 0. The Morgan fingerprint density at radius 2 is 1.88 bits per heavy atom. The lowest BCUT2D eigenvalue weighted by Crippen LogP contribution is -2.53. The monoisotopic (exact) mass is 394 g/mol. The van der Waals surface area contributed by atoms with Gasteiger partial charge in [0.2, 0.25) is 0 Å². The molecular weight excluding hydrogens is 371 g/mol. The zero-order chi connectivity index (χ0) is 16.9. The number of rotatable bonds is 4. The van der Waals surface area contributed by atoms with Crippen LogP contribution in [0, 0.1) is 23.1 Å². The molecule has 4 aliphatic rings. The second-order valence-corrected chi connectivity index (χ2v) is 10.2. The fraction of sp³-hybridized carbons (Fsp3) is 0.650. The summed E-state index contributed by atoms with van der Waals surface area (Å²) in [6.45, 7) is 1.86. The molecular formula is C20H24BrFO2. The van der Waals surface area contributed by atoms with Crippen LogP contribution in [0.4, 0.5) is 4.39 Å². The number of halogens is 2. The molecule has 5 rings (SSSR count). The fourth-order valence-corrected chi connectivity index (χ4v) is 7.40. The minimum absolute atomic E-state index is 0.107. The molecule has 0 aromatic heterocycles. The Labute approximate surface area is 151 Å². The van der Waals surface area contributed by atoms with E-state index in [1.165, 1.54) is 44.2 Å². The van der Waals surface area contributed by atoms with E-state index in [0.717, 1.165) is 23.8 Å². The van der Waals surface area contributed by atoms with Crippen molar-refractivity contribution >= 4 is 21.9 Å². The Balaban J connectivity index is 1.42. The van der Waals surface area contributed by atoms with Gasteiger partial charge in [0.1, 0.15) is 11.9 Å². The lowest BCUT2D eigenvalue weighted by atomic mass is 9.49. The molecule has 0 amide bonds. The molecule has 0 N–H and O–H groups in total. The standard InChI is InChI=1S/C20H24BrFO2/c1-13(16-2-4-17(22)5-3-16)24-18(23)11-19-7-14-6-15(8-19)10-20(21,9-14)12-19/h2-5,13-15H,6-12H2,1H3/t13-,14-,15+,19?,20?/m0/s1. The molecule has 0 heterocycles. The molecule has 5 atom stereocenters. The molecule has 4 bridgehead atoms. The maximum absolute atomic E-state index is 13.0. The highest BCUT2D eigenvalue weighted by Gasteiger charge is 2.57. The highest BCUT2D eigenvalue weighted by molar-refractivity contribution is 9.10. The van der Waals surface area contributed by atoms with Crippen LogP contribution >= 0.6 is 15.9 Å². The molecule has 4 heteroatoms. The predicted molar refractivity (Wildman–Crippen MR) is 94.3 cm³/mol. The quantitative estimate of drug-likeness (QED) is 0.493. The van der Waals surface area contributed by atoms with Crippen LogP contribution in [0.25, 0.3) is 0 Å². The van der Waals surface area contributed by atoms with Gasteiger partial charge in [-0.2, -0.15) is 0 Å². The Hall–Kier alpha value is -0.900. The average molecular weight is 395 g/mol. The summed E-state index contributed by atoms with van der Waals surface area (Å²) in [4.78, 5) is 12.6. The second kappa shape index (κ2) is 5.82. The van der Waals surface area contributed by atoms with Gasteiger partial charge in [-0.05, 0) is 80.4 Å². The summed E-state index contributed by atoms with van der Waals surface area (Å²) in [6.07, 6.45) is 7.54. The first-order valence-corrected chi connectivity index (χ1v) is 9.78. The van der Waals surface area contributed by atoms with Gasteiger partial charge in [0.25, 0.3) is 0 Å². The molecule has 1 aromatic carbocycles. The third-order valence-electron chi connectivity index (χ3n) is 6.28. The van der Waals surface area contributed by atoms with Crippen LogP contribution in [0.3, 0.4) is 0 Å². The van der Waals surface area contributed by atoms with Crippen molar-refractivity contribution in [2.24, 2.45) is 17.3 Å². The molecule has 4 aliphatic carbocycles. The zero-order valence-electron chi connectivity index (χ0n) is 14.1. The number of carbonyl (C=O) groups excluding carboxylic acids is 1. The van der Waals surface area contributed by atoms with Gasteiger partial charge in [-0.1, -0.05) is 28.1 Å². The molecule has 0 aliphatic heterocycles. The van der Waals surface area contributed by atoms with Crippen LogP contribution < -0.4 is 0 Å². The SMILES string of the molecule is C[C@H](OC(=O)CC12C[C@@H]3C[C@@H](CC(Br)(C3)C1)C2)c1ccc(F)cc1. The van der Waals surface area contributed by atoms with E-state index in [2.05, 4.69) is 15.9 Å². The average Bonchev–Trinajstić information content (AvgIpc) is 2.44. The predicted octanol–water partition coefficient (Wildman–Crippen LogP) is 5.55. The van der Waals surface area contributed by atoms with E-state index in [0.29, 0.717) is 6.42 Å². The van der Waals surface area contributed by atoms with Crippen molar-refractivity contribution < 1.29 is 13.9 Å². The Kier molecular flexibility index (Phi) is 4.02. The topological polar surface area (TPSA) is 26.3 Å². The Morgan fingerprint density at radius 1 is 1.25 bits per heavy atom. The molecule has 2 unspecified atom stereocenters. The van der Waals surface area contributed by atoms with E-state index in [4.69, 9.17) is 4.74 Å². The summed E-state index contributed by atoms with van der Waals surface area (Å²) in [6, 6.07) is 6.19. The first-order valence-electron chi connectivity index (χ1n) is 8.99. The van der Waals surface area contributed by atoms with Crippen molar-refractivity contribution in [3.8, 4) is 0 Å². The van der Waals surface area contributed by atoms with E-state index in [1.807, 2.05) is 6.92 Å². The van der Waals surface area contributed by atoms with Crippen LogP contribution in [0.2, 0.25) is 0 Å². The Morgan fingerprint density at radius 3 is 2.46 bits per heavy atom. The minimum atomic E-state index is -0.329. The smallest absolute Gasteiger partial charge is 0.306 e. The number of hydrogen-bond donors (Lipinski definition) is 0. The van der Waals surface area contributed by atoms with Crippen LogP contribution in [0.1, 0.15) is 63.5 Å². The van der Waals surface area contributed by atoms with Gasteiger partial charge in [0.05, 0.1) is 6.42 Å². The maximum Gasteiger partial charge on any atom is 0.306 e. The van der Waals surface area contributed by atoms with Gasteiger partial charge < -0.3 is 4.74 Å². The van der Waals surface area contributed by atoms with Crippen molar-refractivity contribution in [1.82, 2.24) is 0 Å². The normalized spacial score (nSPS) is 38.1. The molecule has 4 fully saturated rings. The van der Waals surface area contributed by atoms with Crippen molar-refractivity contribution in [2.45, 2.75) is 62.3 Å². The van der Waals surface area contributed by atoms with Crippen molar-refractivity contribution in [3.63, 3.8) is 0 Å². The van der Waals surface area contributed by atoms with Crippen molar-refractivity contribution in [1.29, 1.82) is 0 Å². The van der Waals surface area contributed by atoms with Gasteiger partial charge in [-0.15, -0.1) is 0 Å². The summed E-state index contributed by atoms with van der Waals surface area (Å²) in [5.74, 6) is 1.17. The largest absolute Gasteiger partial charge is 0.458 e. The first-order chi connectivity index (χ1) is 11.3. The molecule has 1 aromatic rings. The molecule has 130 valence electrons. The summed E-state index contributed by atoms with van der Waals surface area (Å²) in [7, 11) is 0. The van der Waals surface area contributed by atoms with Gasteiger partial charge in [0, 0.05) is 4.32 Å². The van der Waals surface area contributed by atoms with E-state index < -0.39 is 0 Å². The third-order valence-corrected chi connectivity index (χ3v) is 7.21. The summed E-state index contributed by atoms with van der Waals surface area (Å²) < 4.78 is 19.0. The van der Waals surface area contributed by atoms with Crippen LogP contribution in [-0.4, -0.2) is 10.3 Å². The van der Waals surface area contributed by atoms with Crippen molar-refractivity contribution in [2.75, 3.05) is 0 Å². The number of benzene rings is 1. The number of carbonyl (C=O) groups is 1. The molecule has 0 saturated heterocycles. The molecule has 0 spiro atoms. The fourth-order valence-electron chi connectivity index (χ4n) is 5.89. The van der Waals surface area contributed by atoms with Crippen LogP contribution in [0.5, 0.6) is 0 Å². The van der Waals surface area contributed by atoms with Crippen molar-refractivity contribution in [3.05, 3.63) is 35.6 Å². The number of alkyl halides is 1. The number of ether oxygens (including phenoxy) is 1. The highest BCUT2D eigenvalue weighted by atomic mass is 79.9. The second-order valence-electron chi connectivity index (χ2n) is 8.47. The zero-order valence-corrected chi connectivity index (χ0v) is 15.6. The third kappa shape index (κ3) is 3.14. The van der Waals surface area contributed by atoms with E-state index in [9.17, 15) is 9.18 Å². The lowest BCUT2D eigenvalue weighted by molar-refractivity contribution is -0.155. The molecule has 24 heavy (non-hydrogen) atoms. The van der Waals surface area contributed by atoms with Crippen LogP contribution in [0.15, 0.2) is 24.3 Å². The highest BCUT2D eigenvalue weighted by Crippen LogP contribution is 2.65. The van der Waals surface area contributed by atoms with Gasteiger partial charge in [-0.3, -0.25) is 4.79 Å². The number of esters is 1. The van der Waals surface area contributed by atoms with E-state index in [1.54, 1.807) is 12.1 Å². The van der Waals surface area contributed by atoms with E-state index >= 15 is 0 Å². The molecule has 0 radical (unpaired) electrons.